The number of likely N-dealkylation sites (N-methyl/N-ethyl adjacent to an activating group) is 1. The lowest BCUT2D eigenvalue weighted by molar-refractivity contribution is -0.121. The fourth-order valence-electron chi connectivity index (χ4n) is 2.07. The molecule has 1 aromatic carbocycles. The van der Waals surface area contributed by atoms with Gasteiger partial charge in [-0.1, -0.05) is 6.08 Å². The van der Waals surface area contributed by atoms with E-state index in [1.165, 1.54) is 28.8 Å². The molecule has 1 fully saturated rings. The van der Waals surface area contributed by atoms with Crippen LogP contribution in [0.1, 0.15) is 16.1 Å². The minimum atomic E-state index is -0.990. The maximum absolute atomic E-state index is 12.3. The highest BCUT2D eigenvalue weighted by Gasteiger charge is 2.29. The molecular formula is C18H14N2O4S. The van der Waals surface area contributed by atoms with Crippen LogP contribution in [0.15, 0.2) is 69.1 Å². The molecule has 2 heterocycles. The Morgan fingerprint density at radius 2 is 2.04 bits per heavy atom. The van der Waals surface area contributed by atoms with Crippen LogP contribution in [-0.2, 0) is 4.79 Å². The molecule has 1 aromatic heterocycles. The van der Waals surface area contributed by atoms with E-state index in [2.05, 4.69) is 4.99 Å². The van der Waals surface area contributed by atoms with Crippen molar-refractivity contribution >= 4 is 40.6 Å². The largest absolute Gasteiger partial charge is 0.478 e. The third kappa shape index (κ3) is 3.89. The van der Waals surface area contributed by atoms with Crippen molar-refractivity contribution in [1.29, 1.82) is 0 Å². The number of carbonyl (C=O) groups is 2. The van der Waals surface area contributed by atoms with Crippen molar-refractivity contribution in [2.45, 2.75) is 0 Å². The van der Waals surface area contributed by atoms with Crippen LogP contribution in [0, 0.1) is 0 Å². The molecule has 25 heavy (non-hydrogen) atoms. The van der Waals surface area contributed by atoms with Crippen molar-refractivity contribution in [3.05, 3.63) is 71.0 Å². The van der Waals surface area contributed by atoms with E-state index >= 15 is 0 Å². The van der Waals surface area contributed by atoms with Crippen LogP contribution in [0.5, 0.6) is 0 Å². The average Bonchev–Trinajstić information content (AvgIpc) is 3.20. The number of hydrogen-bond acceptors (Lipinski definition) is 5. The molecule has 0 spiro atoms. The Kier molecular flexibility index (Phi) is 4.85. The Morgan fingerprint density at radius 1 is 1.28 bits per heavy atom. The summed E-state index contributed by atoms with van der Waals surface area (Å²) in [6, 6.07) is 9.77. The van der Waals surface area contributed by atoms with Crippen LogP contribution in [0.25, 0.3) is 6.08 Å². The molecule has 1 amide bonds. The zero-order valence-corrected chi connectivity index (χ0v) is 14.1. The summed E-state index contributed by atoms with van der Waals surface area (Å²) in [6.45, 7) is 0. The van der Waals surface area contributed by atoms with Crippen LogP contribution in [-0.4, -0.2) is 34.1 Å². The Morgan fingerprint density at radius 3 is 2.68 bits per heavy atom. The number of aliphatic imine (C=N–C) groups is 1. The smallest absolute Gasteiger partial charge is 0.335 e. The number of amides is 1. The number of carboxylic acid groups (broad SMARTS) is 1. The predicted molar refractivity (Wildman–Crippen MR) is 96.7 cm³/mol. The van der Waals surface area contributed by atoms with Gasteiger partial charge in [-0.15, -0.1) is 0 Å². The predicted octanol–water partition coefficient (Wildman–Crippen LogP) is 3.77. The van der Waals surface area contributed by atoms with Crippen molar-refractivity contribution in [2.24, 2.45) is 4.99 Å². The second-order valence-electron chi connectivity index (χ2n) is 5.12. The molecular weight excluding hydrogens is 340 g/mol. The summed E-state index contributed by atoms with van der Waals surface area (Å²) in [7, 11) is 1.65. The number of thioether (sulfide) groups is 1. The van der Waals surface area contributed by atoms with Gasteiger partial charge in [0.25, 0.3) is 5.91 Å². The van der Waals surface area contributed by atoms with Gasteiger partial charge in [-0.3, -0.25) is 9.69 Å². The Hall–Kier alpha value is -3.06. The van der Waals surface area contributed by atoms with E-state index in [9.17, 15) is 9.59 Å². The standard InChI is InChI=1S/C18H14N2O4S/c1-20-16(21)15(6-2-4-14-5-3-11-24-14)25-18(20)19-13-9-7-12(8-10-13)17(22)23/h2-11H,1H3,(H,22,23). The number of hydrogen-bond donors (Lipinski definition) is 1. The molecule has 1 aliphatic rings. The molecule has 6 nitrogen and oxygen atoms in total. The second-order valence-corrected chi connectivity index (χ2v) is 6.13. The normalized spacial score (nSPS) is 18.0. The summed E-state index contributed by atoms with van der Waals surface area (Å²) in [5.41, 5.74) is 0.774. The monoisotopic (exact) mass is 354 g/mol. The third-order valence-electron chi connectivity index (χ3n) is 3.39. The highest BCUT2D eigenvalue weighted by molar-refractivity contribution is 8.18. The number of carboxylic acids is 1. The van der Waals surface area contributed by atoms with Crippen LogP contribution in [0.3, 0.4) is 0 Å². The quantitative estimate of drug-likeness (QED) is 0.845. The summed E-state index contributed by atoms with van der Waals surface area (Å²) >= 11 is 1.26. The number of allylic oxidation sites excluding steroid dienone is 2. The van der Waals surface area contributed by atoms with E-state index in [-0.39, 0.29) is 11.5 Å². The van der Waals surface area contributed by atoms with Gasteiger partial charge in [-0.25, -0.2) is 9.79 Å². The zero-order valence-electron chi connectivity index (χ0n) is 13.2. The lowest BCUT2D eigenvalue weighted by Crippen LogP contribution is -2.23. The van der Waals surface area contributed by atoms with Gasteiger partial charge in [0.05, 0.1) is 22.4 Å². The van der Waals surface area contributed by atoms with Gasteiger partial charge in [0, 0.05) is 7.05 Å². The maximum atomic E-state index is 12.3. The Bertz CT molecular complexity index is 880. The van der Waals surface area contributed by atoms with E-state index in [0.717, 1.165) is 0 Å². The Balaban J connectivity index is 1.77. The molecule has 2 aromatic rings. The van der Waals surface area contributed by atoms with Gasteiger partial charge >= 0.3 is 5.97 Å². The maximum Gasteiger partial charge on any atom is 0.335 e. The minimum absolute atomic E-state index is 0.144. The van der Waals surface area contributed by atoms with Crippen LogP contribution in [0.4, 0.5) is 5.69 Å². The Labute approximate surface area is 148 Å². The molecule has 1 saturated heterocycles. The van der Waals surface area contributed by atoms with E-state index < -0.39 is 5.97 Å². The summed E-state index contributed by atoms with van der Waals surface area (Å²) in [4.78, 5) is 29.5. The van der Waals surface area contributed by atoms with Crippen molar-refractivity contribution in [2.75, 3.05) is 7.05 Å². The van der Waals surface area contributed by atoms with Gasteiger partial charge in [-0.2, -0.15) is 0 Å². The third-order valence-corrected chi connectivity index (χ3v) is 4.47. The van der Waals surface area contributed by atoms with Crippen molar-refractivity contribution in [3.8, 4) is 0 Å². The van der Waals surface area contributed by atoms with Crippen LogP contribution >= 0.6 is 11.8 Å². The van der Waals surface area contributed by atoms with E-state index in [1.807, 2.05) is 6.07 Å². The summed E-state index contributed by atoms with van der Waals surface area (Å²) < 4.78 is 5.19. The molecule has 0 unspecified atom stereocenters. The number of aromatic carboxylic acids is 1. The number of furan rings is 1. The molecule has 0 saturated carbocycles. The van der Waals surface area contributed by atoms with Crippen LogP contribution < -0.4 is 0 Å². The van der Waals surface area contributed by atoms with E-state index in [4.69, 9.17) is 9.52 Å². The number of rotatable bonds is 4. The molecule has 126 valence electrons. The van der Waals surface area contributed by atoms with Gasteiger partial charge in [0.1, 0.15) is 5.76 Å². The minimum Gasteiger partial charge on any atom is -0.478 e. The summed E-state index contributed by atoms with van der Waals surface area (Å²) in [6.07, 6.45) is 6.80. The van der Waals surface area contributed by atoms with Gasteiger partial charge in [-0.05, 0) is 60.3 Å². The molecule has 1 aliphatic heterocycles. The molecule has 3 rings (SSSR count). The van der Waals surface area contributed by atoms with Crippen molar-refractivity contribution in [1.82, 2.24) is 4.90 Å². The number of amidine groups is 1. The molecule has 7 heteroatoms. The number of carbonyl (C=O) groups excluding carboxylic acids is 1. The van der Waals surface area contributed by atoms with E-state index in [0.29, 0.717) is 21.5 Å². The van der Waals surface area contributed by atoms with Crippen molar-refractivity contribution < 1.29 is 19.1 Å². The first-order valence-electron chi connectivity index (χ1n) is 7.34. The second kappa shape index (κ2) is 7.23. The molecule has 0 atom stereocenters. The number of benzene rings is 1. The van der Waals surface area contributed by atoms with Crippen LogP contribution in [0.2, 0.25) is 0 Å². The molecule has 1 N–H and O–H groups in total. The highest BCUT2D eigenvalue weighted by Crippen LogP contribution is 2.31. The topological polar surface area (TPSA) is 83.1 Å². The lowest BCUT2D eigenvalue weighted by atomic mass is 10.2. The fourth-order valence-corrected chi connectivity index (χ4v) is 3.01. The first kappa shape index (κ1) is 16.8. The van der Waals surface area contributed by atoms with Crippen molar-refractivity contribution in [3.63, 3.8) is 0 Å². The molecule has 0 aliphatic carbocycles. The van der Waals surface area contributed by atoms with Gasteiger partial charge in [0.2, 0.25) is 0 Å². The summed E-state index contributed by atoms with van der Waals surface area (Å²) in [5, 5.41) is 9.44. The van der Waals surface area contributed by atoms with Gasteiger partial charge in [0.15, 0.2) is 5.17 Å². The SMILES string of the molecule is CN1C(=O)C(=CC=Cc2ccco2)SC1=Nc1ccc(C(=O)O)cc1. The molecule has 0 radical (unpaired) electrons. The average molecular weight is 354 g/mol. The first-order chi connectivity index (χ1) is 12.0. The van der Waals surface area contributed by atoms with E-state index in [1.54, 1.807) is 49.7 Å². The highest BCUT2D eigenvalue weighted by atomic mass is 32.2. The fraction of sp³-hybridized carbons (Fsp3) is 0.0556. The summed E-state index contributed by atoms with van der Waals surface area (Å²) in [5.74, 6) is -0.432. The zero-order chi connectivity index (χ0) is 17.8. The first-order valence-corrected chi connectivity index (χ1v) is 8.16. The molecule has 0 bridgehead atoms. The van der Waals surface area contributed by atoms with Gasteiger partial charge < -0.3 is 9.52 Å². The lowest BCUT2D eigenvalue weighted by Gasteiger charge is -2.07. The number of nitrogens with zero attached hydrogens (tertiary/aromatic N) is 2.